The van der Waals surface area contributed by atoms with Crippen molar-refractivity contribution in [2.75, 3.05) is 5.73 Å². The molecule has 0 amide bonds. The van der Waals surface area contributed by atoms with Gasteiger partial charge in [-0.2, -0.15) is 5.10 Å². The van der Waals surface area contributed by atoms with Gasteiger partial charge in [-0.15, -0.1) is 0 Å². The number of halogens is 1. The lowest BCUT2D eigenvalue weighted by molar-refractivity contribution is 0.895. The van der Waals surface area contributed by atoms with Gasteiger partial charge in [-0.25, -0.2) is 4.68 Å². The van der Waals surface area contributed by atoms with Crippen molar-refractivity contribution in [2.24, 2.45) is 0 Å². The molecule has 3 rings (SSSR count). The number of aromatic nitrogens is 3. The Morgan fingerprint density at radius 3 is 2.37 bits per heavy atom. The maximum absolute atomic E-state index is 6.00. The van der Waals surface area contributed by atoms with Crippen LogP contribution in [0.1, 0.15) is 0 Å². The lowest BCUT2D eigenvalue weighted by Crippen LogP contribution is -2.01. The Hall–Kier alpha value is -2.33. The number of nitrogen functional groups attached to an aromatic ring is 1. The number of nitrogens with zero attached hydrogens (tertiary/aromatic N) is 3. The van der Waals surface area contributed by atoms with Crippen LogP contribution in [0.15, 0.2) is 54.9 Å². The molecule has 0 aliphatic carbocycles. The Kier molecular flexibility index (Phi) is 2.93. The molecule has 0 spiro atoms. The zero-order valence-electron chi connectivity index (χ0n) is 9.99. The molecule has 19 heavy (non-hydrogen) atoms. The first-order valence-electron chi connectivity index (χ1n) is 5.76. The highest BCUT2D eigenvalue weighted by Gasteiger charge is 2.08. The monoisotopic (exact) mass is 270 g/mol. The maximum atomic E-state index is 6.00. The summed E-state index contributed by atoms with van der Waals surface area (Å²) in [6, 6.07) is 13.0. The first-order valence-corrected chi connectivity index (χ1v) is 6.14. The van der Waals surface area contributed by atoms with Gasteiger partial charge >= 0.3 is 0 Å². The van der Waals surface area contributed by atoms with Crippen LogP contribution >= 0.6 is 11.6 Å². The fourth-order valence-electron chi connectivity index (χ4n) is 1.85. The number of benzene rings is 1. The second kappa shape index (κ2) is 4.74. The van der Waals surface area contributed by atoms with E-state index < -0.39 is 0 Å². The summed E-state index contributed by atoms with van der Waals surface area (Å²) in [6.45, 7) is 0. The maximum Gasteiger partial charge on any atom is 0.127 e. The van der Waals surface area contributed by atoms with Crippen LogP contribution in [0.25, 0.3) is 16.9 Å². The number of anilines is 1. The van der Waals surface area contributed by atoms with Gasteiger partial charge in [0.1, 0.15) is 5.82 Å². The molecule has 0 bridgehead atoms. The molecular formula is C14H11ClN4. The minimum Gasteiger partial charge on any atom is -0.384 e. The van der Waals surface area contributed by atoms with Crippen molar-refractivity contribution >= 4 is 17.4 Å². The molecule has 0 unspecified atom stereocenters. The molecule has 3 aromatic rings. The lowest BCUT2D eigenvalue weighted by Gasteiger charge is -2.03. The molecule has 4 nitrogen and oxygen atoms in total. The van der Waals surface area contributed by atoms with E-state index in [2.05, 4.69) is 10.1 Å². The van der Waals surface area contributed by atoms with Gasteiger partial charge in [-0.1, -0.05) is 11.6 Å². The van der Waals surface area contributed by atoms with Crippen molar-refractivity contribution in [2.45, 2.75) is 0 Å². The fraction of sp³-hybridized carbons (Fsp3) is 0. The molecule has 1 aromatic carbocycles. The summed E-state index contributed by atoms with van der Waals surface area (Å²) in [5.74, 6) is 0.578. The molecule has 0 aliphatic rings. The van der Waals surface area contributed by atoms with E-state index in [1.807, 2.05) is 42.5 Å². The van der Waals surface area contributed by atoms with Crippen LogP contribution in [0.4, 0.5) is 5.82 Å². The summed E-state index contributed by atoms with van der Waals surface area (Å²) in [7, 11) is 0. The average molecular weight is 271 g/mol. The predicted molar refractivity (Wildman–Crippen MR) is 76.2 cm³/mol. The highest BCUT2D eigenvalue weighted by Crippen LogP contribution is 2.23. The van der Waals surface area contributed by atoms with Crippen molar-refractivity contribution in [3.8, 4) is 16.9 Å². The Bertz CT molecular complexity index is 689. The van der Waals surface area contributed by atoms with E-state index in [1.54, 1.807) is 17.1 Å². The Morgan fingerprint density at radius 2 is 1.68 bits per heavy atom. The second-order valence-electron chi connectivity index (χ2n) is 4.08. The molecule has 2 N–H and O–H groups in total. The average Bonchev–Trinajstić information content (AvgIpc) is 2.83. The van der Waals surface area contributed by atoms with Crippen LogP contribution in [0.2, 0.25) is 5.02 Å². The summed E-state index contributed by atoms with van der Waals surface area (Å²) >= 11 is 5.87. The van der Waals surface area contributed by atoms with Crippen LogP contribution in [-0.2, 0) is 0 Å². The van der Waals surface area contributed by atoms with Gasteiger partial charge in [0.15, 0.2) is 0 Å². The van der Waals surface area contributed by atoms with Gasteiger partial charge in [0.25, 0.3) is 0 Å². The largest absolute Gasteiger partial charge is 0.384 e. The van der Waals surface area contributed by atoms with Crippen molar-refractivity contribution in [1.29, 1.82) is 0 Å². The lowest BCUT2D eigenvalue weighted by atomic mass is 10.2. The molecule has 0 atom stereocenters. The summed E-state index contributed by atoms with van der Waals surface area (Å²) in [4.78, 5) is 3.99. The van der Waals surface area contributed by atoms with Crippen LogP contribution in [0.5, 0.6) is 0 Å². The molecule has 0 saturated heterocycles. The van der Waals surface area contributed by atoms with E-state index in [1.165, 1.54) is 0 Å². The summed E-state index contributed by atoms with van der Waals surface area (Å²) in [5, 5.41) is 5.18. The van der Waals surface area contributed by atoms with E-state index in [0.717, 1.165) is 16.9 Å². The first-order chi connectivity index (χ1) is 9.24. The van der Waals surface area contributed by atoms with Gasteiger partial charge in [-0.3, -0.25) is 4.98 Å². The Balaban J connectivity index is 2.05. The third-order valence-electron chi connectivity index (χ3n) is 2.78. The molecule has 2 heterocycles. The molecule has 0 aliphatic heterocycles. The minimum absolute atomic E-state index is 0.578. The van der Waals surface area contributed by atoms with Crippen molar-refractivity contribution in [3.05, 3.63) is 59.9 Å². The molecule has 2 aromatic heterocycles. The standard InChI is InChI=1S/C14H11ClN4/c15-11-1-3-12(4-2-11)19-14(16)9-13(18-19)10-5-7-17-8-6-10/h1-9H,16H2. The molecule has 0 radical (unpaired) electrons. The smallest absolute Gasteiger partial charge is 0.127 e. The fourth-order valence-corrected chi connectivity index (χ4v) is 1.97. The number of rotatable bonds is 2. The van der Waals surface area contributed by atoms with E-state index in [0.29, 0.717) is 10.8 Å². The predicted octanol–water partition coefficient (Wildman–Crippen LogP) is 3.17. The van der Waals surface area contributed by atoms with Gasteiger partial charge < -0.3 is 5.73 Å². The summed E-state index contributed by atoms with van der Waals surface area (Å²) in [6.07, 6.45) is 3.46. The molecule has 5 heteroatoms. The van der Waals surface area contributed by atoms with Gasteiger partial charge in [0.2, 0.25) is 0 Å². The zero-order chi connectivity index (χ0) is 13.2. The SMILES string of the molecule is Nc1cc(-c2ccncc2)nn1-c1ccc(Cl)cc1. The number of pyridine rings is 1. The minimum atomic E-state index is 0.578. The number of nitrogens with two attached hydrogens (primary N) is 1. The van der Waals surface area contributed by atoms with E-state index in [9.17, 15) is 0 Å². The molecule has 0 fully saturated rings. The van der Waals surface area contributed by atoms with Crippen molar-refractivity contribution in [1.82, 2.24) is 14.8 Å². The van der Waals surface area contributed by atoms with Crippen LogP contribution in [0, 0.1) is 0 Å². The Labute approximate surface area is 115 Å². The van der Waals surface area contributed by atoms with Crippen LogP contribution < -0.4 is 5.73 Å². The zero-order valence-corrected chi connectivity index (χ0v) is 10.7. The van der Waals surface area contributed by atoms with Crippen LogP contribution in [-0.4, -0.2) is 14.8 Å². The highest BCUT2D eigenvalue weighted by molar-refractivity contribution is 6.30. The second-order valence-corrected chi connectivity index (χ2v) is 4.51. The van der Waals surface area contributed by atoms with Crippen molar-refractivity contribution in [3.63, 3.8) is 0 Å². The van der Waals surface area contributed by atoms with Gasteiger partial charge in [0.05, 0.1) is 11.4 Å². The normalized spacial score (nSPS) is 10.6. The topological polar surface area (TPSA) is 56.7 Å². The summed E-state index contributed by atoms with van der Waals surface area (Å²) in [5.41, 5.74) is 8.67. The van der Waals surface area contributed by atoms with Gasteiger partial charge in [-0.05, 0) is 36.4 Å². The van der Waals surface area contributed by atoms with Crippen molar-refractivity contribution < 1.29 is 0 Å². The van der Waals surface area contributed by atoms with E-state index >= 15 is 0 Å². The van der Waals surface area contributed by atoms with Gasteiger partial charge in [0, 0.05) is 29.0 Å². The van der Waals surface area contributed by atoms with E-state index in [4.69, 9.17) is 17.3 Å². The third-order valence-corrected chi connectivity index (χ3v) is 3.04. The summed E-state index contributed by atoms with van der Waals surface area (Å²) < 4.78 is 1.69. The first kappa shape index (κ1) is 11.7. The Morgan fingerprint density at radius 1 is 1.00 bits per heavy atom. The number of hydrogen-bond donors (Lipinski definition) is 1. The molecule has 0 saturated carbocycles. The quantitative estimate of drug-likeness (QED) is 0.778. The molecular weight excluding hydrogens is 260 g/mol. The third kappa shape index (κ3) is 2.30. The highest BCUT2D eigenvalue weighted by atomic mass is 35.5. The number of hydrogen-bond acceptors (Lipinski definition) is 3. The molecule has 94 valence electrons. The van der Waals surface area contributed by atoms with E-state index in [-0.39, 0.29) is 0 Å². The van der Waals surface area contributed by atoms with Crippen LogP contribution in [0.3, 0.4) is 0 Å².